The molecule has 2 fully saturated rings. The zero-order valence-electron chi connectivity index (χ0n) is 18.1. The minimum absolute atomic E-state index is 0.164. The van der Waals surface area contributed by atoms with Crippen LogP contribution in [0.5, 0.6) is 11.5 Å². The summed E-state index contributed by atoms with van der Waals surface area (Å²) in [5, 5.41) is -0.458. The third-order valence-corrected chi connectivity index (χ3v) is 6.30. The first kappa shape index (κ1) is 22.8. The van der Waals surface area contributed by atoms with Crippen LogP contribution in [0, 0.1) is 5.82 Å². The Kier molecular flexibility index (Phi) is 6.98. The fourth-order valence-corrected chi connectivity index (χ4v) is 4.51. The van der Waals surface area contributed by atoms with Gasteiger partial charge in [0.05, 0.1) is 12.0 Å². The summed E-state index contributed by atoms with van der Waals surface area (Å²) in [4.78, 5) is 40.4. The molecule has 0 unspecified atom stereocenters. The van der Waals surface area contributed by atoms with Gasteiger partial charge in [-0.3, -0.25) is 19.3 Å². The predicted octanol–water partition coefficient (Wildman–Crippen LogP) is 4.07. The fourth-order valence-electron chi connectivity index (χ4n) is 3.67. The molecule has 0 spiro atoms. The van der Waals surface area contributed by atoms with E-state index in [-0.39, 0.29) is 29.8 Å². The first-order valence-electron chi connectivity index (χ1n) is 10.5. The van der Waals surface area contributed by atoms with Crippen LogP contribution in [0.25, 0.3) is 6.08 Å². The lowest BCUT2D eigenvalue weighted by atomic mass is 10.1. The number of rotatable bonds is 7. The summed E-state index contributed by atoms with van der Waals surface area (Å²) >= 11 is 0.808. The van der Waals surface area contributed by atoms with Crippen molar-refractivity contribution in [2.45, 2.75) is 19.4 Å². The number of carbonyl (C=O) groups excluding carboxylic acids is 3. The molecular formula is C24H23FN2O5S. The molecule has 7 nitrogen and oxygen atoms in total. The van der Waals surface area contributed by atoms with Crippen molar-refractivity contribution in [1.29, 1.82) is 0 Å². The molecule has 0 radical (unpaired) electrons. The third-order valence-electron chi connectivity index (χ3n) is 5.39. The van der Waals surface area contributed by atoms with Crippen molar-refractivity contribution >= 4 is 34.9 Å². The summed E-state index contributed by atoms with van der Waals surface area (Å²) < 4.78 is 24.5. The summed E-state index contributed by atoms with van der Waals surface area (Å²) in [5.74, 6) is -0.137. The van der Waals surface area contributed by atoms with Crippen molar-refractivity contribution in [2.75, 3.05) is 26.7 Å². The van der Waals surface area contributed by atoms with Gasteiger partial charge in [-0.1, -0.05) is 18.2 Å². The molecule has 4 rings (SSSR count). The molecule has 0 saturated carbocycles. The van der Waals surface area contributed by atoms with Crippen LogP contribution in [-0.4, -0.2) is 53.6 Å². The minimum atomic E-state index is -0.483. The molecule has 2 saturated heterocycles. The zero-order chi connectivity index (χ0) is 23.4. The summed E-state index contributed by atoms with van der Waals surface area (Å²) in [6.07, 6.45) is 3.47. The average Bonchev–Trinajstić information content (AvgIpc) is 3.43. The second-order valence-corrected chi connectivity index (χ2v) is 8.68. The molecule has 0 aromatic heterocycles. The van der Waals surface area contributed by atoms with Gasteiger partial charge < -0.3 is 14.4 Å². The van der Waals surface area contributed by atoms with Gasteiger partial charge in [-0.25, -0.2) is 4.39 Å². The number of thioether (sulfide) groups is 1. The van der Waals surface area contributed by atoms with E-state index in [9.17, 15) is 18.8 Å². The molecule has 0 N–H and O–H groups in total. The van der Waals surface area contributed by atoms with E-state index in [1.807, 2.05) is 0 Å². The Morgan fingerprint density at radius 1 is 1.12 bits per heavy atom. The monoisotopic (exact) mass is 470 g/mol. The second kappa shape index (κ2) is 10.1. The van der Waals surface area contributed by atoms with Crippen LogP contribution in [0.2, 0.25) is 0 Å². The van der Waals surface area contributed by atoms with E-state index in [1.54, 1.807) is 41.3 Å². The SMILES string of the molecule is COc1cc(/C=C2/SC(=O)N(CC(=O)N3CCCC3)C2=O)ccc1OCc1cccc(F)c1. The maximum absolute atomic E-state index is 13.4. The Labute approximate surface area is 195 Å². The van der Waals surface area contributed by atoms with Gasteiger partial charge in [-0.15, -0.1) is 0 Å². The number of hydrogen-bond acceptors (Lipinski definition) is 6. The summed E-state index contributed by atoms with van der Waals surface area (Å²) in [6.45, 7) is 1.26. The van der Waals surface area contributed by atoms with E-state index >= 15 is 0 Å². The number of imide groups is 1. The molecule has 0 atom stereocenters. The molecule has 2 heterocycles. The number of amides is 3. The van der Waals surface area contributed by atoms with Gasteiger partial charge in [0.2, 0.25) is 5.91 Å². The van der Waals surface area contributed by atoms with Crippen LogP contribution in [0.3, 0.4) is 0 Å². The molecule has 3 amide bonds. The molecule has 172 valence electrons. The quantitative estimate of drug-likeness (QED) is 0.568. The maximum atomic E-state index is 13.4. The molecular weight excluding hydrogens is 447 g/mol. The number of methoxy groups -OCH3 is 1. The summed E-state index contributed by atoms with van der Waals surface area (Å²) in [7, 11) is 1.49. The third kappa shape index (κ3) is 5.36. The van der Waals surface area contributed by atoms with Crippen LogP contribution >= 0.6 is 11.8 Å². The zero-order valence-corrected chi connectivity index (χ0v) is 18.9. The number of hydrogen-bond donors (Lipinski definition) is 0. The van der Waals surface area contributed by atoms with Gasteiger partial charge in [0, 0.05) is 13.1 Å². The lowest BCUT2D eigenvalue weighted by Gasteiger charge is -2.18. The van der Waals surface area contributed by atoms with Crippen molar-refractivity contribution in [1.82, 2.24) is 9.80 Å². The molecule has 2 aromatic carbocycles. The molecule has 0 bridgehead atoms. The smallest absolute Gasteiger partial charge is 0.294 e. The lowest BCUT2D eigenvalue weighted by Crippen LogP contribution is -2.40. The Hall–Kier alpha value is -3.33. The van der Waals surface area contributed by atoms with Crippen LogP contribution in [0.1, 0.15) is 24.0 Å². The van der Waals surface area contributed by atoms with E-state index in [0.717, 1.165) is 29.5 Å². The molecule has 2 aromatic rings. The van der Waals surface area contributed by atoms with E-state index < -0.39 is 11.1 Å². The van der Waals surface area contributed by atoms with Crippen LogP contribution in [0.15, 0.2) is 47.4 Å². The van der Waals surface area contributed by atoms with E-state index in [4.69, 9.17) is 9.47 Å². The van der Waals surface area contributed by atoms with E-state index in [2.05, 4.69) is 0 Å². The Bertz CT molecular complexity index is 1110. The highest BCUT2D eigenvalue weighted by molar-refractivity contribution is 8.18. The Morgan fingerprint density at radius 2 is 1.91 bits per heavy atom. The number of ether oxygens (including phenoxy) is 2. The summed E-state index contributed by atoms with van der Waals surface area (Å²) in [6, 6.07) is 11.2. The summed E-state index contributed by atoms with van der Waals surface area (Å²) in [5.41, 5.74) is 1.32. The number of benzene rings is 2. The van der Waals surface area contributed by atoms with Crippen molar-refractivity contribution in [3.8, 4) is 11.5 Å². The number of nitrogens with zero attached hydrogens (tertiary/aromatic N) is 2. The lowest BCUT2D eigenvalue weighted by molar-refractivity contribution is -0.135. The van der Waals surface area contributed by atoms with E-state index in [0.29, 0.717) is 35.7 Å². The van der Waals surface area contributed by atoms with Crippen molar-refractivity contribution in [3.63, 3.8) is 0 Å². The first-order valence-corrected chi connectivity index (χ1v) is 11.3. The second-order valence-electron chi connectivity index (χ2n) is 7.68. The highest BCUT2D eigenvalue weighted by Gasteiger charge is 2.37. The molecule has 2 aliphatic heterocycles. The highest BCUT2D eigenvalue weighted by Crippen LogP contribution is 2.35. The van der Waals surface area contributed by atoms with Gasteiger partial charge in [-0.2, -0.15) is 0 Å². The van der Waals surface area contributed by atoms with Gasteiger partial charge in [0.15, 0.2) is 11.5 Å². The molecule has 0 aliphatic carbocycles. The standard InChI is InChI=1S/C24H23FN2O5S/c1-31-20-12-16(7-8-19(20)32-15-17-5-4-6-18(25)11-17)13-21-23(29)27(24(30)33-21)14-22(28)26-9-2-3-10-26/h4-8,11-13H,2-3,9-10,14-15H2,1H3/b21-13+. The van der Waals surface area contributed by atoms with Crippen molar-refractivity contribution in [2.24, 2.45) is 0 Å². The average molecular weight is 471 g/mol. The fraction of sp³-hybridized carbons (Fsp3) is 0.292. The highest BCUT2D eigenvalue weighted by atomic mass is 32.2. The topological polar surface area (TPSA) is 76.2 Å². The predicted molar refractivity (Wildman–Crippen MR) is 122 cm³/mol. The molecule has 33 heavy (non-hydrogen) atoms. The van der Waals surface area contributed by atoms with Crippen molar-refractivity contribution in [3.05, 3.63) is 64.3 Å². The van der Waals surface area contributed by atoms with Gasteiger partial charge in [0.25, 0.3) is 11.1 Å². The Morgan fingerprint density at radius 3 is 2.64 bits per heavy atom. The van der Waals surface area contributed by atoms with Gasteiger partial charge >= 0.3 is 0 Å². The largest absolute Gasteiger partial charge is 0.493 e. The van der Waals surface area contributed by atoms with Gasteiger partial charge in [-0.05, 0) is 66.1 Å². The van der Waals surface area contributed by atoms with Crippen LogP contribution in [0.4, 0.5) is 9.18 Å². The number of likely N-dealkylation sites (tertiary alicyclic amines) is 1. The van der Waals surface area contributed by atoms with Crippen LogP contribution < -0.4 is 9.47 Å². The van der Waals surface area contributed by atoms with Crippen LogP contribution in [-0.2, 0) is 16.2 Å². The Balaban J connectivity index is 1.45. The normalized spacial score (nSPS) is 17.2. The van der Waals surface area contributed by atoms with Crippen molar-refractivity contribution < 1.29 is 28.2 Å². The van der Waals surface area contributed by atoms with Gasteiger partial charge in [0.1, 0.15) is 19.0 Å². The number of halogens is 1. The van der Waals surface area contributed by atoms with E-state index in [1.165, 1.54) is 19.2 Å². The number of carbonyl (C=O) groups is 3. The first-order chi connectivity index (χ1) is 15.9. The molecule has 2 aliphatic rings. The molecule has 9 heteroatoms. The maximum Gasteiger partial charge on any atom is 0.294 e. The minimum Gasteiger partial charge on any atom is -0.493 e.